The van der Waals surface area contributed by atoms with Crippen LogP contribution in [-0.4, -0.2) is 19.9 Å². The molecule has 0 saturated carbocycles. The van der Waals surface area contributed by atoms with Gasteiger partial charge in [0.05, 0.1) is 12.7 Å². The molecule has 4 aromatic rings. The standard InChI is InChI=1S/C12H14N2.C11H12N2/c1-10(7-12-8-13-9-14-12)11-5-3-2-4-6-11;1-2-4-10(5-3-1)6-7-11-8-12-9-13-11/h2-6,8-10H,7H2,1H3,(H,13,14);1-5,8-9H,6-7H2,(H,12,13). The maximum absolute atomic E-state index is 4.01. The van der Waals surface area contributed by atoms with Crippen LogP contribution in [0.2, 0.25) is 0 Å². The number of nitrogens with zero attached hydrogens (tertiary/aromatic N) is 2. The summed E-state index contributed by atoms with van der Waals surface area (Å²) in [6.07, 6.45) is 10.3. The van der Waals surface area contributed by atoms with Crippen LogP contribution in [0.25, 0.3) is 0 Å². The molecule has 1 atom stereocenters. The molecule has 4 nitrogen and oxygen atoms in total. The highest BCUT2D eigenvalue weighted by Crippen LogP contribution is 2.18. The van der Waals surface area contributed by atoms with Gasteiger partial charge in [-0.15, -0.1) is 0 Å². The Bertz CT molecular complexity index is 853. The van der Waals surface area contributed by atoms with Crippen LogP contribution < -0.4 is 0 Å². The molecule has 0 radical (unpaired) electrons. The zero-order chi connectivity index (χ0) is 18.7. The molecular formula is C23H26N4. The van der Waals surface area contributed by atoms with Crippen molar-refractivity contribution in [3.63, 3.8) is 0 Å². The third-order valence-electron chi connectivity index (χ3n) is 4.53. The number of hydrogen-bond donors (Lipinski definition) is 2. The van der Waals surface area contributed by atoms with Crippen LogP contribution >= 0.6 is 0 Å². The van der Waals surface area contributed by atoms with Crippen LogP contribution in [0, 0.1) is 0 Å². The quantitative estimate of drug-likeness (QED) is 0.512. The van der Waals surface area contributed by atoms with E-state index in [9.17, 15) is 0 Å². The van der Waals surface area contributed by atoms with Crippen molar-refractivity contribution < 1.29 is 0 Å². The van der Waals surface area contributed by atoms with Gasteiger partial charge in [-0.3, -0.25) is 0 Å². The van der Waals surface area contributed by atoms with Crippen molar-refractivity contribution in [2.45, 2.75) is 32.1 Å². The predicted octanol–water partition coefficient (Wildman–Crippen LogP) is 4.95. The maximum Gasteiger partial charge on any atom is 0.0921 e. The van der Waals surface area contributed by atoms with Crippen LogP contribution in [0.1, 0.15) is 35.4 Å². The van der Waals surface area contributed by atoms with E-state index in [4.69, 9.17) is 0 Å². The monoisotopic (exact) mass is 358 g/mol. The molecule has 0 aliphatic heterocycles. The molecule has 0 spiro atoms. The fraction of sp³-hybridized carbons (Fsp3) is 0.217. The van der Waals surface area contributed by atoms with E-state index in [1.165, 1.54) is 22.5 Å². The SMILES string of the molecule is CC(Cc1cnc[nH]1)c1ccccc1.c1ccc(CCc2cnc[nH]2)cc1. The van der Waals surface area contributed by atoms with Crippen LogP contribution in [0.4, 0.5) is 0 Å². The van der Waals surface area contributed by atoms with Gasteiger partial charge in [0.25, 0.3) is 0 Å². The minimum atomic E-state index is 0.539. The minimum absolute atomic E-state index is 0.539. The molecule has 0 saturated heterocycles. The first-order valence-corrected chi connectivity index (χ1v) is 9.34. The first-order valence-electron chi connectivity index (χ1n) is 9.34. The average molecular weight is 358 g/mol. The van der Waals surface area contributed by atoms with Crippen molar-refractivity contribution in [2.75, 3.05) is 0 Å². The summed E-state index contributed by atoms with van der Waals surface area (Å²) < 4.78 is 0. The van der Waals surface area contributed by atoms with Crippen molar-refractivity contribution in [1.29, 1.82) is 0 Å². The molecule has 4 rings (SSSR count). The Labute approximate surface area is 160 Å². The lowest BCUT2D eigenvalue weighted by atomic mass is 9.97. The molecular weight excluding hydrogens is 332 g/mol. The molecule has 1 unspecified atom stereocenters. The molecule has 0 aliphatic rings. The van der Waals surface area contributed by atoms with E-state index < -0.39 is 0 Å². The van der Waals surface area contributed by atoms with Crippen LogP contribution in [0.3, 0.4) is 0 Å². The Morgan fingerprint density at radius 1 is 0.741 bits per heavy atom. The van der Waals surface area contributed by atoms with Crippen molar-refractivity contribution >= 4 is 0 Å². The zero-order valence-electron chi connectivity index (χ0n) is 15.7. The van der Waals surface area contributed by atoms with E-state index in [0.717, 1.165) is 19.3 Å². The number of aryl methyl sites for hydroxylation is 2. The second-order valence-electron chi connectivity index (χ2n) is 6.66. The molecule has 138 valence electrons. The molecule has 27 heavy (non-hydrogen) atoms. The van der Waals surface area contributed by atoms with Crippen molar-refractivity contribution in [1.82, 2.24) is 19.9 Å². The number of benzene rings is 2. The second kappa shape index (κ2) is 10.1. The number of imidazole rings is 2. The molecule has 2 aromatic carbocycles. The normalized spacial score (nSPS) is 11.4. The van der Waals surface area contributed by atoms with Crippen LogP contribution in [0.5, 0.6) is 0 Å². The number of aromatic nitrogens is 4. The summed E-state index contributed by atoms with van der Waals surface area (Å²) in [4.78, 5) is 14.2. The molecule has 0 aliphatic carbocycles. The van der Waals surface area contributed by atoms with Crippen LogP contribution in [0.15, 0.2) is 85.7 Å². The van der Waals surface area contributed by atoms with Gasteiger partial charge in [-0.25, -0.2) is 9.97 Å². The summed E-state index contributed by atoms with van der Waals surface area (Å²) >= 11 is 0. The van der Waals surface area contributed by atoms with Gasteiger partial charge < -0.3 is 9.97 Å². The van der Waals surface area contributed by atoms with Gasteiger partial charge in [0.15, 0.2) is 0 Å². The molecule has 2 heterocycles. The minimum Gasteiger partial charge on any atom is -0.348 e. The van der Waals surface area contributed by atoms with Crippen LogP contribution in [-0.2, 0) is 19.3 Å². The molecule has 4 heteroatoms. The fourth-order valence-electron chi connectivity index (χ4n) is 2.97. The number of aromatic amines is 2. The summed E-state index contributed by atoms with van der Waals surface area (Å²) in [5, 5.41) is 0. The fourth-order valence-corrected chi connectivity index (χ4v) is 2.97. The summed E-state index contributed by atoms with van der Waals surface area (Å²) in [5.41, 5.74) is 5.14. The number of hydrogen-bond acceptors (Lipinski definition) is 2. The van der Waals surface area contributed by atoms with E-state index in [0.29, 0.717) is 5.92 Å². The first kappa shape index (κ1) is 18.6. The van der Waals surface area contributed by atoms with Gasteiger partial charge in [0, 0.05) is 23.8 Å². The van der Waals surface area contributed by atoms with Crippen molar-refractivity contribution in [3.05, 3.63) is 108 Å². The van der Waals surface area contributed by atoms with E-state index in [1.54, 1.807) is 12.7 Å². The Morgan fingerprint density at radius 3 is 1.93 bits per heavy atom. The van der Waals surface area contributed by atoms with Gasteiger partial charge in [0.2, 0.25) is 0 Å². The van der Waals surface area contributed by atoms with Gasteiger partial charge >= 0.3 is 0 Å². The Balaban J connectivity index is 0.000000156. The Hall–Kier alpha value is -3.14. The van der Waals surface area contributed by atoms with Crippen molar-refractivity contribution in [3.8, 4) is 0 Å². The summed E-state index contributed by atoms with van der Waals surface area (Å²) in [6, 6.07) is 21.0. The van der Waals surface area contributed by atoms with Gasteiger partial charge in [-0.1, -0.05) is 67.6 Å². The van der Waals surface area contributed by atoms with E-state index in [2.05, 4.69) is 75.4 Å². The third kappa shape index (κ3) is 6.26. The summed E-state index contributed by atoms with van der Waals surface area (Å²) in [7, 11) is 0. The summed E-state index contributed by atoms with van der Waals surface area (Å²) in [5.74, 6) is 0.539. The highest BCUT2D eigenvalue weighted by molar-refractivity contribution is 5.20. The lowest BCUT2D eigenvalue weighted by molar-refractivity contribution is 0.745. The van der Waals surface area contributed by atoms with E-state index in [1.807, 2.05) is 24.5 Å². The lowest BCUT2D eigenvalue weighted by Gasteiger charge is -2.09. The smallest absolute Gasteiger partial charge is 0.0921 e. The molecule has 2 aromatic heterocycles. The third-order valence-corrected chi connectivity index (χ3v) is 4.53. The zero-order valence-corrected chi connectivity index (χ0v) is 15.7. The van der Waals surface area contributed by atoms with E-state index in [-0.39, 0.29) is 0 Å². The lowest BCUT2D eigenvalue weighted by Crippen LogP contribution is -1.98. The Kier molecular flexibility index (Phi) is 6.99. The number of rotatable bonds is 6. The Morgan fingerprint density at radius 2 is 1.33 bits per heavy atom. The molecule has 2 N–H and O–H groups in total. The molecule has 0 bridgehead atoms. The largest absolute Gasteiger partial charge is 0.348 e. The number of nitrogens with one attached hydrogen (secondary N) is 2. The number of H-pyrrole nitrogens is 2. The molecule has 0 fully saturated rings. The van der Waals surface area contributed by atoms with Gasteiger partial charge in [-0.2, -0.15) is 0 Å². The predicted molar refractivity (Wildman–Crippen MR) is 110 cm³/mol. The van der Waals surface area contributed by atoms with E-state index >= 15 is 0 Å². The topological polar surface area (TPSA) is 57.4 Å². The average Bonchev–Trinajstić information content (AvgIpc) is 3.43. The second-order valence-corrected chi connectivity index (χ2v) is 6.66. The first-order chi connectivity index (χ1) is 13.3. The molecule has 0 amide bonds. The highest BCUT2D eigenvalue weighted by Gasteiger charge is 2.06. The van der Waals surface area contributed by atoms with Gasteiger partial charge in [-0.05, 0) is 36.3 Å². The van der Waals surface area contributed by atoms with Crippen molar-refractivity contribution in [2.24, 2.45) is 0 Å². The highest BCUT2D eigenvalue weighted by atomic mass is 14.9. The summed E-state index contributed by atoms with van der Waals surface area (Å²) in [6.45, 7) is 2.23. The maximum atomic E-state index is 4.01. The van der Waals surface area contributed by atoms with Gasteiger partial charge in [0.1, 0.15) is 0 Å².